The van der Waals surface area contributed by atoms with Gasteiger partial charge >= 0.3 is 0 Å². The molecular weight excluding hydrogens is 262 g/mol. The molecule has 0 radical (unpaired) electrons. The van der Waals surface area contributed by atoms with Gasteiger partial charge in [-0.15, -0.1) is 0 Å². The Labute approximate surface area is 124 Å². The van der Waals surface area contributed by atoms with Crippen LogP contribution in [0, 0.1) is 0 Å². The van der Waals surface area contributed by atoms with Gasteiger partial charge < -0.3 is 9.47 Å². The van der Waals surface area contributed by atoms with Crippen LogP contribution < -0.4 is 0 Å². The highest BCUT2D eigenvalue weighted by molar-refractivity contribution is 5.47. The SMILES string of the molecule is C1=CCCC(CC2=COC=C(C=Cc3ccccn3)O2)=C1. The van der Waals surface area contributed by atoms with Gasteiger partial charge in [0.2, 0.25) is 0 Å². The van der Waals surface area contributed by atoms with E-state index in [-0.39, 0.29) is 0 Å². The lowest BCUT2D eigenvalue weighted by atomic mass is 10.0. The molecule has 1 aliphatic heterocycles. The minimum atomic E-state index is 0.685. The van der Waals surface area contributed by atoms with Gasteiger partial charge in [0, 0.05) is 12.6 Å². The van der Waals surface area contributed by atoms with Crippen molar-refractivity contribution in [3.05, 3.63) is 84.0 Å². The summed E-state index contributed by atoms with van der Waals surface area (Å²) in [4.78, 5) is 4.23. The van der Waals surface area contributed by atoms with Gasteiger partial charge in [-0.3, -0.25) is 4.98 Å². The van der Waals surface area contributed by atoms with Crippen molar-refractivity contribution in [2.45, 2.75) is 19.3 Å². The largest absolute Gasteiger partial charge is 0.465 e. The fourth-order valence-corrected chi connectivity index (χ4v) is 2.19. The first-order valence-corrected chi connectivity index (χ1v) is 7.06. The Balaban J connectivity index is 1.59. The fraction of sp³-hybridized carbons (Fsp3) is 0.167. The molecule has 0 amide bonds. The van der Waals surface area contributed by atoms with Gasteiger partial charge in [-0.25, -0.2) is 0 Å². The number of pyridine rings is 1. The lowest BCUT2D eigenvalue weighted by Gasteiger charge is -2.16. The van der Waals surface area contributed by atoms with E-state index in [1.54, 1.807) is 18.7 Å². The van der Waals surface area contributed by atoms with E-state index < -0.39 is 0 Å². The first kappa shape index (κ1) is 13.4. The topological polar surface area (TPSA) is 31.4 Å². The fourth-order valence-electron chi connectivity index (χ4n) is 2.19. The average molecular weight is 279 g/mol. The van der Waals surface area contributed by atoms with Gasteiger partial charge in [0.1, 0.15) is 18.3 Å². The van der Waals surface area contributed by atoms with Crippen LogP contribution >= 0.6 is 0 Å². The molecule has 2 heterocycles. The summed E-state index contributed by atoms with van der Waals surface area (Å²) in [6.45, 7) is 0. The van der Waals surface area contributed by atoms with E-state index in [4.69, 9.17) is 9.47 Å². The Bertz CT molecular complexity index is 636. The number of hydrogen-bond acceptors (Lipinski definition) is 3. The molecule has 0 unspecified atom stereocenters. The van der Waals surface area contributed by atoms with E-state index in [0.717, 1.165) is 30.7 Å². The molecule has 1 aromatic heterocycles. The first-order chi connectivity index (χ1) is 10.4. The molecule has 0 N–H and O–H groups in total. The van der Waals surface area contributed by atoms with Crippen molar-refractivity contribution >= 4 is 6.08 Å². The standard InChI is InChI=1S/C18H17NO2/c1-2-6-15(7-3-1)12-18-14-20-13-17(21-18)10-9-16-8-4-5-11-19-16/h1-2,4-6,8-11,13-14H,3,7,12H2. The molecule has 3 rings (SSSR count). The highest BCUT2D eigenvalue weighted by Gasteiger charge is 2.10. The van der Waals surface area contributed by atoms with Crippen LogP contribution in [0.4, 0.5) is 0 Å². The van der Waals surface area contributed by atoms with Gasteiger partial charge in [0.25, 0.3) is 0 Å². The summed E-state index contributed by atoms with van der Waals surface area (Å²) in [5.74, 6) is 1.52. The summed E-state index contributed by atoms with van der Waals surface area (Å²) < 4.78 is 11.2. The normalized spacial score (nSPS) is 17.6. The maximum atomic E-state index is 5.83. The highest BCUT2D eigenvalue weighted by Crippen LogP contribution is 2.25. The minimum absolute atomic E-state index is 0.685. The van der Waals surface area contributed by atoms with Crippen molar-refractivity contribution in [1.82, 2.24) is 4.98 Å². The van der Waals surface area contributed by atoms with E-state index in [0.29, 0.717) is 5.76 Å². The van der Waals surface area contributed by atoms with Crippen molar-refractivity contribution in [2.24, 2.45) is 0 Å². The molecule has 3 nitrogen and oxygen atoms in total. The van der Waals surface area contributed by atoms with E-state index in [1.165, 1.54) is 5.57 Å². The van der Waals surface area contributed by atoms with Crippen LogP contribution in [0.1, 0.15) is 25.0 Å². The van der Waals surface area contributed by atoms with Crippen molar-refractivity contribution < 1.29 is 9.47 Å². The molecular formula is C18H17NO2. The van der Waals surface area contributed by atoms with Crippen LogP contribution in [0.3, 0.4) is 0 Å². The van der Waals surface area contributed by atoms with Crippen molar-refractivity contribution in [3.8, 4) is 0 Å². The third kappa shape index (κ3) is 3.96. The highest BCUT2D eigenvalue weighted by atomic mass is 16.5. The molecule has 3 heteroatoms. The molecule has 106 valence electrons. The summed E-state index contributed by atoms with van der Waals surface area (Å²) >= 11 is 0. The van der Waals surface area contributed by atoms with Crippen LogP contribution in [0.15, 0.2) is 78.3 Å². The first-order valence-electron chi connectivity index (χ1n) is 7.06. The van der Waals surface area contributed by atoms with E-state index >= 15 is 0 Å². The smallest absolute Gasteiger partial charge is 0.162 e. The summed E-state index contributed by atoms with van der Waals surface area (Å²) in [5, 5.41) is 0. The molecule has 1 aliphatic carbocycles. The zero-order valence-electron chi connectivity index (χ0n) is 11.7. The Morgan fingerprint density at radius 2 is 2.19 bits per heavy atom. The van der Waals surface area contributed by atoms with Gasteiger partial charge in [0.05, 0.1) is 5.69 Å². The Hall–Kier alpha value is -2.55. The van der Waals surface area contributed by atoms with Crippen LogP contribution in [-0.4, -0.2) is 4.98 Å². The summed E-state index contributed by atoms with van der Waals surface area (Å²) in [5.41, 5.74) is 2.25. The summed E-state index contributed by atoms with van der Waals surface area (Å²) in [6.07, 6.45) is 18.2. The molecule has 1 aromatic rings. The number of rotatable bonds is 4. The quantitative estimate of drug-likeness (QED) is 0.813. The van der Waals surface area contributed by atoms with Crippen molar-refractivity contribution in [2.75, 3.05) is 0 Å². The van der Waals surface area contributed by atoms with Crippen LogP contribution in [0.5, 0.6) is 0 Å². The lowest BCUT2D eigenvalue weighted by Crippen LogP contribution is -2.00. The molecule has 0 bridgehead atoms. The predicted molar refractivity (Wildman–Crippen MR) is 82.7 cm³/mol. The van der Waals surface area contributed by atoms with Gasteiger partial charge in [-0.2, -0.15) is 0 Å². The summed E-state index contributed by atoms with van der Waals surface area (Å²) in [6, 6.07) is 5.79. The molecule has 0 fully saturated rings. The second-order valence-electron chi connectivity index (χ2n) is 4.90. The third-order valence-electron chi connectivity index (χ3n) is 3.24. The molecule has 0 saturated heterocycles. The van der Waals surface area contributed by atoms with Crippen molar-refractivity contribution in [1.29, 1.82) is 0 Å². The van der Waals surface area contributed by atoms with Gasteiger partial charge in [-0.1, -0.05) is 29.9 Å². The Kier molecular flexibility index (Phi) is 4.32. The Morgan fingerprint density at radius 3 is 3.00 bits per heavy atom. The van der Waals surface area contributed by atoms with E-state index in [9.17, 15) is 0 Å². The maximum absolute atomic E-state index is 5.83. The molecule has 21 heavy (non-hydrogen) atoms. The maximum Gasteiger partial charge on any atom is 0.162 e. The van der Waals surface area contributed by atoms with Crippen LogP contribution in [-0.2, 0) is 9.47 Å². The predicted octanol–water partition coefficient (Wildman–Crippen LogP) is 4.49. The van der Waals surface area contributed by atoms with Crippen LogP contribution in [0.2, 0.25) is 0 Å². The minimum Gasteiger partial charge on any atom is -0.465 e. The second kappa shape index (κ2) is 6.75. The average Bonchev–Trinajstić information content (AvgIpc) is 2.55. The third-order valence-corrected chi connectivity index (χ3v) is 3.24. The van der Waals surface area contributed by atoms with Crippen molar-refractivity contribution in [3.63, 3.8) is 0 Å². The zero-order chi connectivity index (χ0) is 14.3. The van der Waals surface area contributed by atoms with E-state index in [1.807, 2.05) is 30.4 Å². The molecule has 0 spiro atoms. The van der Waals surface area contributed by atoms with Crippen LogP contribution in [0.25, 0.3) is 6.08 Å². The molecule has 0 saturated carbocycles. The zero-order valence-corrected chi connectivity index (χ0v) is 11.7. The number of nitrogens with zero attached hydrogens (tertiary/aromatic N) is 1. The van der Waals surface area contributed by atoms with Gasteiger partial charge in [0.15, 0.2) is 5.76 Å². The van der Waals surface area contributed by atoms with E-state index in [2.05, 4.69) is 23.2 Å². The molecule has 0 atom stereocenters. The monoisotopic (exact) mass is 279 g/mol. The lowest BCUT2D eigenvalue weighted by molar-refractivity contribution is 0.228. The van der Waals surface area contributed by atoms with Gasteiger partial charge in [-0.05, 0) is 37.1 Å². The Morgan fingerprint density at radius 1 is 1.19 bits per heavy atom. The molecule has 0 aromatic carbocycles. The number of allylic oxidation sites excluding steroid dienone is 5. The number of aromatic nitrogens is 1. The summed E-state index contributed by atoms with van der Waals surface area (Å²) in [7, 11) is 0. The number of hydrogen-bond donors (Lipinski definition) is 0. The number of ether oxygens (including phenoxy) is 2. The molecule has 2 aliphatic rings. The second-order valence-corrected chi connectivity index (χ2v) is 4.90.